The summed E-state index contributed by atoms with van der Waals surface area (Å²) >= 11 is 0. The van der Waals surface area contributed by atoms with Gasteiger partial charge in [0.25, 0.3) is 0 Å². The Morgan fingerprint density at radius 3 is 2.43 bits per heavy atom. The van der Waals surface area contributed by atoms with Gasteiger partial charge in [-0.05, 0) is 35.4 Å². The van der Waals surface area contributed by atoms with Gasteiger partial charge in [0.15, 0.2) is 0 Å². The molecule has 0 amide bonds. The normalized spacial score (nSPS) is 16.8. The zero-order valence-electron chi connectivity index (χ0n) is 17.0. The molecule has 1 aliphatic heterocycles. The Bertz CT molecular complexity index is 934. The third kappa shape index (κ3) is 4.75. The standard InChI is InChI=1S/C25H26O5/c1-27-22-8-5-9-23(29-16-18-6-3-2-4-7-18)24(22)25(26)19-10-12-20(13-11-19)30-21-14-15-28-17-21/h2-13,21,25-26H,14-17H2,1H3. The topological polar surface area (TPSA) is 57.2 Å². The second kappa shape index (κ2) is 9.65. The molecule has 156 valence electrons. The Labute approximate surface area is 176 Å². The van der Waals surface area contributed by atoms with E-state index in [0.717, 1.165) is 29.9 Å². The van der Waals surface area contributed by atoms with Crippen LogP contribution in [0.5, 0.6) is 17.2 Å². The lowest BCUT2D eigenvalue weighted by Crippen LogP contribution is -2.15. The van der Waals surface area contributed by atoms with Crippen LogP contribution in [0.4, 0.5) is 0 Å². The lowest BCUT2D eigenvalue weighted by Gasteiger charge is -2.20. The van der Waals surface area contributed by atoms with Gasteiger partial charge in [-0.1, -0.05) is 48.5 Å². The molecule has 1 saturated heterocycles. The van der Waals surface area contributed by atoms with Crippen LogP contribution in [0.2, 0.25) is 0 Å². The number of aliphatic hydroxyl groups is 1. The molecule has 3 aromatic carbocycles. The van der Waals surface area contributed by atoms with Gasteiger partial charge in [-0.15, -0.1) is 0 Å². The average Bonchev–Trinajstić information content (AvgIpc) is 3.31. The van der Waals surface area contributed by atoms with Crippen LogP contribution in [0.1, 0.15) is 29.2 Å². The number of rotatable bonds is 8. The van der Waals surface area contributed by atoms with Gasteiger partial charge in [0.1, 0.15) is 36.1 Å². The van der Waals surface area contributed by atoms with Gasteiger partial charge in [-0.2, -0.15) is 0 Å². The first-order valence-corrected chi connectivity index (χ1v) is 10.1. The highest BCUT2D eigenvalue weighted by Crippen LogP contribution is 2.38. The molecule has 4 rings (SSSR count). The van der Waals surface area contributed by atoms with Crippen LogP contribution in [0.15, 0.2) is 72.8 Å². The van der Waals surface area contributed by atoms with E-state index in [-0.39, 0.29) is 6.10 Å². The summed E-state index contributed by atoms with van der Waals surface area (Å²) in [5.74, 6) is 1.94. The van der Waals surface area contributed by atoms with Crippen LogP contribution in [-0.2, 0) is 11.3 Å². The molecule has 0 aromatic heterocycles. The summed E-state index contributed by atoms with van der Waals surface area (Å²) in [6.07, 6.45) is 0.0945. The van der Waals surface area contributed by atoms with Gasteiger partial charge in [-0.3, -0.25) is 0 Å². The molecule has 1 aliphatic rings. The van der Waals surface area contributed by atoms with Crippen molar-refractivity contribution in [1.82, 2.24) is 0 Å². The molecule has 3 aromatic rings. The summed E-state index contributed by atoms with van der Waals surface area (Å²) in [5, 5.41) is 11.1. The lowest BCUT2D eigenvalue weighted by molar-refractivity contribution is 0.141. The van der Waals surface area contributed by atoms with Crippen LogP contribution in [0.3, 0.4) is 0 Å². The van der Waals surface area contributed by atoms with Gasteiger partial charge >= 0.3 is 0 Å². The molecule has 0 radical (unpaired) electrons. The number of benzene rings is 3. The highest BCUT2D eigenvalue weighted by Gasteiger charge is 2.22. The SMILES string of the molecule is COc1cccc(OCc2ccccc2)c1C(O)c1ccc(OC2CCOC2)cc1. The highest BCUT2D eigenvalue weighted by atomic mass is 16.5. The summed E-state index contributed by atoms with van der Waals surface area (Å²) in [4.78, 5) is 0. The monoisotopic (exact) mass is 406 g/mol. The Balaban J connectivity index is 1.53. The van der Waals surface area contributed by atoms with E-state index >= 15 is 0 Å². The van der Waals surface area contributed by atoms with E-state index in [0.29, 0.717) is 30.3 Å². The van der Waals surface area contributed by atoms with Crippen LogP contribution in [0.25, 0.3) is 0 Å². The first-order valence-electron chi connectivity index (χ1n) is 10.1. The predicted octanol–water partition coefficient (Wildman–Crippen LogP) is 4.52. The van der Waals surface area contributed by atoms with E-state index in [1.165, 1.54) is 0 Å². The fourth-order valence-electron chi connectivity index (χ4n) is 3.53. The number of hydrogen-bond acceptors (Lipinski definition) is 5. The lowest BCUT2D eigenvalue weighted by atomic mass is 9.99. The van der Waals surface area contributed by atoms with Crippen molar-refractivity contribution in [3.05, 3.63) is 89.5 Å². The minimum absolute atomic E-state index is 0.0907. The fraction of sp³-hybridized carbons (Fsp3) is 0.280. The van der Waals surface area contributed by atoms with E-state index in [9.17, 15) is 5.11 Å². The molecule has 0 spiro atoms. The van der Waals surface area contributed by atoms with Gasteiger partial charge in [0.05, 0.1) is 25.9 Å². The number of hydrogen-bond donors (Lipinski definition) is 1. The van der Waals surface area contributed by atoms with Crippen molar-refractivity contribution >= 4 is 0 Å². The maximum atomic E-state index is 11.1. The second-order valence-electron chi connectivity index (χ2n) is 7.22. The average molecular weight is 406 g/mol. The van der Waals surface area contributed by atoms with Gasteiger partial charge < -0.3 is 24.1 Å². The van der Waals surface area contributed by atoms with Crippen molar-refractivity contribution < 1.29 is 24.1 Å². The molecule has 30 heavy (non-hydrogen) atoms. The van der Waals surface area contributed by atoms with Crippen LogP contribution < -0.4 is 14.2 Å². The Kier molecular flexibility index (Phi) is 6.52. The summed E-state index contributed by atoms with van der Waals surface area (Å²) in [7, 11) is 1.59. The highest BCUT2D eigenvalue weighted by molar-refractivity contribution is 5.50. The quantitative estimate of drug-likeness (QED) is 0.596. The summed E-state index contributed by atoms with van der Waals surface area (Å²) < 4.78 is 22.8. The third-order valence-corrected chi connectivity index (χ3v) is 5.14. The molecule has 1 heterocycles. The molecule has 5 nitrogen and oxygen atoms in total. The third-order valence-electron chi connectivity index (χ3n) is 5.14. The molecule has 1 fully saturated rings. The van der Waals surface area contributed by atoms with E-state index in [1.54, 1.807) is 7.11 Å². The van der Waals surface area contributed by atoms with E-state index in [1.807, 2.05) is 72.8 Å². The molecule has 2 atom stereocenters. The molecule has 1 N–H and O–H groups in total. The summed E-state index contributed by atoms with van der Waals surface area (Å²) in [6, 6.07) is 22.9. The number of ether oxygens (including phenoxy) is 4. The summed E-state index contributed by atoms with van der Waals surface area (Å²) in [6.45, 7) is 1.76. The first-order chi connectivity index (χ1) is 14.7. The van der Waals surface area contributed by atoms with Crippen molar-refractivity contribution in [2.45, 2.75) is 25.2 Å². The zero-order valence-corrected chi connectivity index (χ0v) is 17.0. The first kappa shape index (κ1) is 20.3. The predicted molar refractivity (Wildman–Crippen MR) is 114 cm³/mol. The van der Waals surface area contributed by atoms with Crippen molar-refractivity contribution in [2.24, 2.45) is 0 Å². The molecule has 5 heteroatoms. The van der Waals surface area contributed by atoms with Crippen LogP contribution in [-0.4, -0.2) is 31.5 Å². The molecule has 0 saturated carbocycles. The molecular formula is C25H26O5. The number of methoxy groups -OCH3 is 1. The van der Waals surface area contributed by atoms with Crippen LogP contribution in [0, 0.1) is 0 Å². The van der Waals surface area contributed by atoms with E-state index in [2.05, 4.69) is 0 Å². The maximum absolute atomic E-state index is 11.1. The Hall–Kier alpha value is -3.02. The molecule has 2 unspecified atom stereocenters. The van der Waals surface area contributed by atoms with E-state index in [4.69, 9.17) is 18.9 Å². The number of aliphatic hydroxyl groups excluding tert-OH is 1. The Morgan fingerprint density at radius 1 is 0.967 bits per heavy atom. The minimum atomic E-state index is -0.893. The van der Waals surface area contributed by atoms with Crippen molar-refractivity contribution in [3.8, 4) is 17.2 Å². The largest absolute Gasteiger partial charge is 0.496 e. The van der Waals surface area contributed by atoms with Gasteiger partial charge in [0.2, 0.25) is 0 Å². The molecule has 0 aliphatic carbocycles. The smallest absolute Gasteiger partial charge is 0.129 e. The van der Waals surface area contributed by atoms with E-state index < -0.39 is 6.10 Å². The van der Waals surface area contributed by atoms with Crippen LogP contribution >= 0.6 is 0 Å². The molecular weight excluding hydrogens is 380 g/mol. The van der Waals surface area contributed by atoms with Gasteiger partial charge in [-0.25, -0.2) is 0 Å². The Morgan fingerprint density at radius 2 is 1.73 bits per heavy atom. The van der Waals surface area contributed by atoms with Crippen molar-refractivity contribution in [1.29, 1.82) is 0 Å². The van der Waals surface area contributed by atoms with Gasteiger partial charge in [0, 0.05) is 6.42 Å². The minimum Gasteiger partial charge on any atom is -0.496 e. The fourth-order valence-corrected chi connectivity index (χ4v) is 3.53. The zero-order chi connectivity index (χ0) is 20.8. The van der Waals surface area contributed by atoms with Crippen molar-refractivity contribution in [3.63, 3.8) is 0 Å². The van der Waals surface area contributed by atoms with Crippen molar-refractivity contribution in [2.75, 3.05) is 20.3 Å². The summed E-state index contributed by atoms with van der Waals surface area (Å²) in [5.41, 5.74) is 2.39. The maximum Gasteiger partial charge on any atom is 0.129 e. The second-order valence-corrected chi connectivity index (χ2v) is 7.22. The molecule has 0 bridgehead atoms.